The molecule has 2 rings (SSSR count). The van der Waals surface area contributed by atoms with Crippen molar-refractivity contribution in [1.82, 2.24) is 10.7 Å². The van der Waals surface area contributed by atoms with Crippen LogP contribution in [0.4, 0.5) is 4.79 Å². The molecule has 7 nitrogen and oxygen atoms in total. The van der Waals surface area contributed by atoms with E-state index in [2.05, 4.69) is 15.8 Å². The first kappa shape index (κ1) is 21.5. The van der Waals surface area contributed by atoms with Crippen LogP contribution in [0.25, 0.3) is 6.08 Å². The predicted molar refractivity (Wildman–Crippen MR) is 109 cm³/mol. The molecule has 0 spiro atoms. The molecule has 0 aromatic heterocycles. The van der Waals surface area contributed by atoms with Crippen molar-refractivity contribution < 1.29 is 19.1 Å². The number of nitrogens with zero attached hydrogens (tertiary/aromatic N) is 1. The molecule has 0 aliphatic carbocycles. The van der Waals surface area contributed by atoms with Gasteiger partial charge in [0.15, 0.2) is 0 Å². The van der Waals surface area contributed by atoms with Crippen molar-refractivity contribution in [3.63, 3.8) is 0 Å². The zero-order chi connectivity index (χ0) is 20.7. The number of rotatable bonds is 6. The van der Waals surface area contributed by atoms with E-state index in [0.717, 1.165) is 16.9 Å². The summed E-state index contributed by atoms with van der Waals surface area (Å²) in [5.74, 6) is 0.636. The number of para-hydroxylation sites is 1. The second-order valence-electron chi connectivity index (χ2n) is 8.11. The molecule has 0 fully saturated rings. The van der Waals surface area contributed by atoms with E-state index in [1.807, 2.05) is 44.2 Å². The smallest absolute Gasteiger partial charge is 0.408 e. The number of amides is 2. The molecule has 2 amide bonds. The summed E-state index contributed by atoms with van der Waals surface area (Å²) in [4.78, 5) is 24.5. The van der Waals surface area contributed by atoms with Crippen molar-refractivity contribution in [3.8, 4) is 5.75 Å². The SMILES string of the molecule is CC(C)CC(NC(=O)OC(C)(C)C)C(=O)NN=CC1=Cc2ccccc2OC1. The Morgan fingerprint density at radius 2 is 2.00 bits per heavy atom. The molecule has 1 unspecified atom stereocenters. The summed E-state index contributed by atoms with van der Waals surface area (Å²) in [5.41, 5.74) is 3.65. The molecule has 28 heavy (non-hydrogen) atoms. The molecule has 1 aliphatic rings. The van der Waals surface area contributed by atoms with Crippen molar-refractivity contribution in [2.24, 2.45) is 11.0 Å². The summed E-state index contributed by atoms with van der Waals surface area (Å²) in [6.07, 6.45) is 3.35. The number of hydrogen-bond acceptors (Lipinski definition) is 5. The first-order valence-corrected chi connectivity index (χ1v) is 9.39. The van der Waals surface area contributed by atoms with Gasteiger partial charge in [0.2, 0.25) is 0 Å². The average molecular weight is 387 g/mol. The molecule has 0 saturated carbocycles. The molecule has 152 valence electrons. The summed E-state index contributed by atoms with van der Waals surface area (Å²) >= 11 is 0. The molecule has 0 saturated heterocycles. The second-order valence-corrected chi connectivity index (χ2v) is 8.11. The number of benzene rings is 1. The zero-order valence-corrected chi connectivity index (χ0v) is 17.1. The molecular formula is C21H29N3O4. The lowest BCUT2D eigenvalue weighted by Crippen LogP contribution is -2.47. The number of fused-ring (bicyclic) bond motifs is 1. The highest BCUT2D eigenvalue weighted by molar-refractivity contribution is 5.90. The number of nitrogens with one attached hydrogen (secondary N) is 2. The maximum absolute atomic E-state index is 12.5. The van der Waals surface area contributed by atoms with Gasteiger partial charge in [-0.2, -0.15) is 5.10 Å². The fourth-order valence-electron chi connectivity index (χ4n) is 2.62. The number of hydrogen-bond donors (Lipinski definition) is 2. The van der Waals surface area contributed by atoms with Crippen LogP contribution in [0.2, 0.25) is 0 Å². The Morgan fingerprint density at radius 3 is 2.68 bits per heavy atom. The lowest BCUT2D eigenvalue weighted by molar-refractivity contribution is -0.123. The van der Waals surface area contributed by atoms with Gasteiger partial charge in [-0.05, 0) is 45.3 Å². The summed E-state index contributed by atoms with van der Waals surface area (Å²) in [7, 11) is 0. The van der Waals surface area contributed by atoms with E-state index in [1.54, 1.807) is 27.0 Å². The van der Waals surface area contributed by atoms with Crippen molar-refractivity contribution in [2.45, 2.75) is 52.7 Å². The van der Waals surface area contributed by atoms with Crippen molar-refractivity contribution in [2.75, 3.05) is 6.61 Å². The van der Waals surface area contributed by atoms with Gasteiger partial charge in [-0.1, -0.05) is 32.0 Å². The lowest BCUT2D eigenvalue weighted by Gasteiger charge is -2.23. The Kier molecular flexibility index (Phi) is 7.20. The third kappa shape index (κ3) is 7.06. The Balaban J connectivity index is 1.96. The first-order valence-electron chi connectivity index (χ1n) is 9.39. The molecule has 1 aromatic carbocycles. The van der Waals surface area contributed by atoms with Gasteiger partial charge in [-0.3, -0.25) is 4.79 Å². The molecule has 1 heterocycles. The van der Waals surface area contributed by atoms with E-state index in [0.29, 0.717) is 13.0 Å². The van der Waals surface area contributed by atoms with Gasteiger partial charge in [0.1, 0.15) is 24.0 Å². The fraction of sp³-hybridized carbons (Fsp3) is 0.476. The standard InChI is InChI=1S/C21H29N3O4/c1-14(2)10-17(23-20(26)28-21(3,4)5)19(25)24-22-12-15-11-16-8-6-7-9-18(16)27-13-15/h6-9,11-12,14,17H,10,13H2,1-5H3,(H,23,26)(H,24,25). The van der Waals surface area contributed by atoms with Gasteiger partial charge in [-0.25, -0.2) is 10.2 Å². The highest BCUT2D eigenvalue weighted by Crippen LogP contribution is 2.24. The largest absolute Gasteiger partial charge is 0.488 e. The number of ether oxygens (including phenoxy) is 2. The van der Waals surface area contributed by atoms with Gasteiger partial charge < -0.3 is 14.8 Å². The summed E-state index contributed by atoms with van der Waals surface area (Å²) < 4.78 is 10.9. The number of alkyl carbamates (subject to hydrolysis) is 1. The maximum atomic E-state index is 12.5. The molecule has 1 aliphatic heterocycles. The van der Waals surface area contributed by atoms with Crippen LogP contribution >= 0.6 is 0 Å². The third-order valence-electron chi connectivity index (χ3n) is 3.77. The van der Waals surface area contributed by atoms with Crippen LogP contribution in [-0.4, -0.2) is 36.5 Å². The number of hydrazone groups is 1. The van der Waals surface area contributed by atoms with E-state index in [1.165, 1.54) is 0 Å². The number of carbonyl (C=O) groups excluding carboxylic acids is 2. The van der Waals surface area contributed by atoms with Gasteiger partial charge in [-0.15, -0.1) is 0 Å². The van der Waals surface area contributed by atoms with Gasteiger partial charge in [0, 0.05) is 11.1 Å². The molecule has 2 N–H and O–H groups in total. The molecule has 1 atom stereocenters. The maximum Gasteiger partial charge on any atom is 0.408 e. The summed E-state index contributed by atoms with van der Waals surface area (Å²) in [6.45, 7) is 9.64. The Morgan fingerprint density at radius 1 is 1.29 bits per heavy atom. The van der Waals surface area contributed by atoms with Crippen LogP contribution < -0.4 is 15.5 Å². The van der Waals surface area contributed by atoms with Gasteiger partial charge in [0.25, 0.3) is 5.91 Å². The summed E-state index contributed by atoms with van der Waals surface area (Å²) in [5, 5.41) is 6.63. The minimum absolute atomic E-state index is 0.209. The summed E-state index contributed by atoms with van der Waals surface area (Å²) in [6, 6.07) is 6.96. The van der Waals surface area contributed by atoms with E-state index >= 15 is 0 Å². The van der Waals surface area contributed by atoms with E-state index in [9.17, 15) is 9.59 Å². The van der Waals surface area contributed by atoms with E-state index in [4.69, 9.17) is 9.47 Å². The van der Waals surface area contributed by atoms with Crippen molar-refractivity contribution in [3.05, 3.63) is 35.4 Å². The molecule has 1 aromatic rings. The fourth-order valence-corrected chi connectivity index (χ4v) is 2.62. The molecule has 0 bridgehead atoms. The predicted octanol–water partition coefficient (Wildman–Crippen LogP) is 3.50. The topological polar surface area (TPSA) is 89.0 Å². The molecule has 0 radical (unpaired) electrons. The Hall–Kier alpha value is -2.83. The second kappa shape index (κ2) is 9.39. The molecular weight excluding hydrogens is 358 g/mol. The van der Waals surface area contributed by atoms with Crippen LogP contribution in [0.3, 0.4) is 0 Å². The Labute approximate surface area is 166 Å². The normalized spacial score (nSPS) is 14.7. The minimum atomic E-state index is -0.732. The van der Waals surface area contributed by atoms with Crippen LogP contribution in [0.5, 0.6) is 5.75 Å². The number of carbonyl (C=O) groups is 2. The highest BCUT2D eigenvalue weighted by Gasteiger charge is 2.25. The van der Waals surface area contributed by atoms with Gasteiger partial charge in [0.05, 0.1) is 6.21 Å². The lowest BCUT2D eigenvalue weighted by atomic mass is 10.0. The van der Waals surface area contributed by atoms with Crippen LogP contribution in [0.15, 0.2) is 34.9 Å². The van der Waals surface area contributed by atoms with Gasteiger partial charge >= 0.3 is 6.09 Å². The zero-order valence-electron chi connectivity index (χ0n) is 17.1. The molecule has 7 heteroatoms. The monoisotopic (exact) mass is 387 g/mol. The van der Waals surface area contributed by atoms with Crippen LogP contribution in [0, 0.1) is 5.92 Å². The van der Waals surface area contributed by atoms with E-state index in [-0.39, 0.29) is 5.92 Å². The quantitative estimate of drug-likeness (QED) is 0.577. The van der Waals surface area contributed by atoms with Crippen LogP contribution in [0.1, 0.15) is 46.6 Å². The van der Waals surface area contributed by atoms with E-state index < -0.39 is 23.6 Å². The highest BCUT2D eigenvalue weighted by atomic mass is 16.6. The van der Waals surface area contributed by atoms with Crippen molar-refractivity contribution >= 4 is 24.3 Å². The van der Waals surface area contributed by atoms with Crippen molar-refractivity contribution in [1.29, 1.82) is 0 Å². The average Bonchev–Trinajstić information content (AvgIpc) is 2.59. The first-order chi connectivity index (χ1) is 13.1. The minimum Gasteiger partial charge on any atom is -0.488 e. The van der Waals surface area contributed by atoms with Crippen LogP contribution in [-0.2, 0) is 9.53 Å². The Bertz CT molecular complexity index is 763. The third-order valence-corrected chi connectivity index (χ3v) is 3.77.